The molecule has 1 aliphatic heterocycles. The lowest BCUT2D eigenvalue weighted by Gasteiger charge is -2.22. The minimum absolute atomic E-state index is 0.0336. The fourth-order valence-electron chi connectivity index (χ4n) is 0.976. The van der Waals surface area contributed by atoms with Crippen LogP contribution in [0.1, 0.15) is 26.7 Å². The van der Waals surface area contributed by atoms with E-state index >= 15 is 0 Å². The molecule has 0 saturated carbocycles. The molecule has 52 valence electrons. The summed E-state index contributed by atoms with van der Waals surface area (Å²) in [7, 11) is 0. The van der Waals surface area contributed by atoms with Crippen molar-refractivity contribution in [2.45, 2.75) is 32.8 Å². The minimum Gasteiger partial charge on any atom is -0.462 e. The molecule has 0 aromatic heterocycles. The Balaban J connectivity index is 2.44. The molecule has 0 unspecified atom stereocenters. The molecule has 9 heavy (non-hydrogen) atoms. The van der Waals surface area contributed by atoms with Crippen molar-refractivity contribution in [3.63, 3.8) is 0 Å². The molecule has 0 aromatic carbocycles. The smallest absolute Gasteiger partial charge is 0.308 e. The van der Waals surface area contributed by atoms with Crippen molar-refractivity contribution in [2.75, 3.05) is 0 Å². The summed E-state index contributed by atoms with van der Waals surface area (Å²) in [5.74, 6) is 0.0925. The number of carbonyl (C=O) groups is 1. The molecule has 1 saturated heterocycles. The van der Waals surface area contributed by atoms with E-state index in [0.717, 1.165) is 12.8 Å². The molecule has 0 bridgehead atoms. The third kappa shape index (κ3) is 1.44. The molecule has 2 atom stereocenters. The Labute approximate surface area is 55.2 Å². The van der Waals surface area contributed by atoms with Gasteiger partial charge >= 0.3 is 5.97 Å². The molecule has 0 radical (unpaired) electrons. The van der Waals surface area contributed by atoms with Crippen LogP contribution in [0.3, 0.4) is 0 Å². The second kappa shape index (κ2) is 2.38. The maximum atomic E-state index is 10.8. The van der Waals surface area contributed by atoms with E-state index < -0.39 is 0 Å². The van der Waals surface area contributed by atoms with E-state index in [0.29, 0.717) is 0 Å². The molecule has 1 rings (SSSR count). The maximum Gasteiger partial charge on any atom is 0.308 e. The van der Waals surface area contributed by atoms with Gasteiger partial charge < -0.3 is 4.74 Å². The summed E-state index contributed by atoms with van der Waals surface area (Å²) in [6.07, 6.45) is 2.15. The van der Waals surface area contributed by atoms with E-state index in [-0.39, 0.29) is 18.0 Å². The van der Waals surface area contributed by atoms with E-state index in [2.05, 4.69) is 0 Å². The van der Waals surface area contributed by atoms with Gasteiger partial charge in [0.15, 0.2) is 0 Å². The van der Waals surface area contributed by atoms with Gasteiger partial charge in [0.2, 0.25) is 0 Å². The predicted octanol–water partition coefficient (Wildman–Crippen LogP) is 1.35. The van der Waals surface area contributed by atoms with Gasteiger partial charge in [0, 0.05) is 0 Å². The standard InChI is InChI=1S/C7H12O2/c1-5-3-4-6(2)9-7(5)8/h5-6H,3-4H2,1-2H3/t5-,6-/m0/s1. The normalized spacial score (nSPS) is 36.0. The van der Waals surface area contributed by atoms with Crippen LogP contribution in [0.2, 0.25) is 0 Å². The highest BCUT2D eigenvalue weighted by atomic mass is 16.5. The summed E-state index contributed by atoms with van der Waals surface area (Å²) in [6.45, 7) is 3.85. The maximum absolute atomic E-state index is 10.8. The number of hydrogen-bond acceptors (Lipinski definition) is 2. The van der Waals surface area contributed by atoms with Crippen LogP contribution in [0.4, 0.5) is 0 Å². The molecule has 1 fully saturated rings. The number of hydrogen-bond donors (Lipinski definition) is 0. The van der Waals surface area contributed by atoms with Crippen LogP contribution in [0.25, 0.3) is 0 Å². The van der Waals surface area contributed by atoms with Crippen LogP contribution < -0.4 is 0 Å². The van der Waals surface area contributed by atoms with Gasteiger partial charge in [0.1, 0.15) is 0 Å². The van der Waals surface area contributed by atoms with Crippen LogP contribution >= 0.6 is 0 Å². The molecule has 0 N–H and O–H groups in total. The summed E-state index contributed by atoms with van der Waals surface area (Å²) in [5, 5.41) is 0. The van der Waals surface area contributed by atoms with Gasteiger partial charge in [-0.25, -0.2) is 0 Å². The summed E-state index contributed by atoms with van der Waals surface area (Å²) in [5.41, 5.74) is 0. The Morgan fingerprint density at radius 3 is 2.56 bits per heavy atom. The molecular formula is C7H12O2. The first-order valence-electron chi connectivity index (χ1n) is 3.40. The highest BCUT2D eigenvalue weighted by Crippen LogP contribution is 2.18. The summed E-state index contributed by atoms with van der Waals surface area (Å²) < 4.78 is 4.96. The van der Waals surface area contributed by atoms with Crippen LogP contribution in [0.15, 0.2) is 0 Å². The Morgan fingerprint density at radius 2 is 2.11 bits per heavy atom. The lowest BCUT2D eigenvalue weighted by atomic mass is 10.0. The first-order chi connectivity index (χ1) is 4.20. The molecule has 0 amide bonds. The number of rotatable bonds is 0. The number of cyclic esters (lactones) is 1. The van der Waals surface area contributed by atoms with Crippen LogP contribution in [0.5, 0.6) is 0 Å². The summed E-state index contributed by atoms with van der Waals surface area (Å²) >= 11 is 0. The summed E-state index contributed by atoms with van der Waals surface area (Å²) in [4.78, 5) is 10.8. The van der Waals surface area contributed by atoms with Gasteiger partial charge in [-0.1, -0.05) is 6.92 Å². The zero-order chi connectivity index (χ0) is 6.85. The monoisotopic (exact) mass is 128 g/mol. The average Bonchev–Trinajstić information content (AvgIpc) is 1.80. The van der Waals surface area contributed by atoms with Crippen molar-refractivity contribution in [1.82, 2.24) is 0 Å². The predicted molar refractivity (Wildman–Crippen MR) is 34.0 cm³/mol. The lowest BCUT2D eigenvalue weighted by Crippen LogP contribution is -2.27. The lowest BCUT2D eigenvalue weighted by molar-refractivity contribution is -0.158. The third-order valence-electron chi connectivity index (χ3n) is 1.73. The number of esters is 1. The zero-order valence-electron chi connectivity index (χ0n) is 5.89. The Kier molecular flexibility index (Phi) is 1.74. The molecule has 2 heteroatoms. The fourth-order valence-corrected chi connectivity index (χ4v) is 0.976. The quantitative estimate of drug-likeness (QED) is 0.460. The van der Waals surface area contributed by atoms with E-state index in [4.69, 9.17) is 4.74 Å². The second-order valence-electron chi connectivity index (χ2n) is 2.73. The Hall–Kier alpha value is -0.530. The van der Waals surface area contributed by atoms with Crippen molar-refractivity contribution in [1.29, 1.82) is 0 Å². The van der Waals surface area contributed by atoms with E-state index in [1.165, 1.54) is 0 Å². The van der Waals surface area contributed by atoms with E-state index in [1.54, 1.807) is 0 Å². The summed E-state index contributed by atoms with van der Waals surface area (Å²) in [6, 6.07) is 0. The first kappa shape index (κ1) is 6.59. The van der Waals surface area contributed by atoms with Crippen molar-refractivity contribution in [3.05, 3.63) is 0 Å². The van der Waals surface area contributed by atoms with Crippen molar-refractivity contribution >= 4 is 5.97 Å². The Morgan fingerprint density at radius 1 is 1.44 bits per heavy atom. The van der Waals surface area contributed by atoms with Gasteiger partial charge in [-0.05, 0) is 19.8 Å². The number of ether oxygens (including phenoxy) is 1. The zero-order valence-corrected chi connectivity index (χ0v) is 5.89. The van der Waals surface area contributed by atoms with Crippen LogP contribution in [-0.4, -0.2) is 12.1 Å². The number of carbonyl (C=O) groups excluding carboxylic acids is 1. The molecule has 0 spiro atoms. The van der Waals surface area contributed by atoms with Crippen LogP contribution in [-0.2, 0) is 9.53 Å². The second-order valence-corrected chi connectivity index (χ2v) is 2.73. The first-order valence-corrected chi connectivity index (χ1v) is 3.40. The minimum atomic E-state index is -0.0336. The molecular weight excluding hydrogens is 116 g/mol. The largest absolute Gasteiger partial charge is 0.462 e. The molecule has 0 aliphatic carbocycles. The van der Waals surface area contributed by atoms with Crippen LogP contribution in [0, 0.1) is 5.92 Å². The third-order valence-corrected chi connectivity index (χ3v) is 1.73. The van der Waals surface area contributed by atoms with Gasteiger partial charge in [-0.15, -0.1) is 0 Å². The highest BCUT2D eigenvalue weighted by molar-refractivity contribution is 5.72. The molecule has 2 nitrogen and oxygen atoms in total. The van der Waals surface area contributed by atoms with E-state index in [9.17, 15) is 4.79 Å². The van der Waals surface area contributed by atoms with E-state index in [1.807, 2.05) is 13.8 Å². The Bertz CT molecular complexity index is 120. The SMILES string of the molecule is C[C@H]1CC[C@H](C)C(=O)O1. The topological polar surface area (TPSA) is 26.3 Å². The highest BCUT2D eigenvalue weighted by Gasteiger charge is 2.23. The van der Waals surface area contributed by atoms with Gasteiger partial charge in [0.05, 0.1) is 12.0 Å². The van der Waals surface area contributed by atoms with Gasteiger partial charge in [-0.2, -0.15) is 0 Å². The van der Waals surface area contributed by atoms with Crippen molar-refractivity contribution in [2.24, 2.45) is 5.92 Å². The van der Waals surface area contributed by atoms with Gasteiger partial charge in [0.25, 0.3) is 0 Å². The molecule has 1 heterocycles. The fraction of sp³-hybridized carbons (Fsp3) is 0.857. The van der Waals surface area contributed by atoms with Crippen molar-refractivity contribution < 1.29 is 9.53 Å². The van der Waals surface area contributed by atoms with Crippen molar-refractivity contribution in [3.8, 4) is 0 Å². The molecule has 1 aliphatic rings. The molecule has 0 aromatic rings. The van der Waals surface area contributed by atoms with Gasteiger partial charge in [-0.3, -0.25) is 4.79 Å². The average molecular weight is 128 g/mol.